The summed E-state index contributed by atoms with van der Waals surface area (Å²) in [4.78, 5) is 10.6. The fourth-order valence-electron chi connectivity index (χ4n) is 0.907. The Morgan fingerprint density at radius 2 is 2.00 bits per heavy atom. The molecule has 1 atom stereocenters. The lowest BCUT2D eigenvalue weighted by Crippen LogP contribution is -2.09. The van der Waals surface area contributed by atoms with Gasteiger partial charge in [-0.15, -0.1) is 0 Å². The number of carboxylic acids is 1. The number of nitrogens with two attached hydrogens (primary N) is 1. The third-order valence-electron chi connectivity index (χ3n) is 1.46. The molecule has 0 saturated heterocycles. The largest absolute Gasteiger partial charge is 0.480 e. The smallest absolute Gasteiger partial charge is 0.322 e. The normalized spacial score (nSPS) is 12.4. The average Bonchev–Trinajstić information content (AvgIpc) is 2.07. The van der Waals surface area contributed by atoms with Gasteiger partial charge >= 0.3 is 5.97 Å². The Bertz CT molecular complexity index is 263. The number of rotatable bonds is 3. The van der Waals surface area contributed by atoms with E-state index in [2.05, 4.69) is 0 Å². The number of carbonyl (C=O) groups is 1. The molecular formula is C8H9NO2S. The number of benzene rings is 1. The Morgan fingerprint density at radius 1 is 1.42 bits per heavy atom. The quantitative estimate of drug-likeness (QED) is 0.695. The highest BCUT2D eigenvalue weighted by Gasteiger charge is 2.17. The van der Waals surface area contributed by atoms with Crippen LogP contribution in [0.15, 0.2) is 30.3 Å². The predicted octanol–water partition coefficient (Wildman–Crippen LogP) is 1.42. The lowest BCUT2D eigenvalue weighted by atomic mass is 10.1. The summed E-state index contributed by atoms with van der Waals surface area (Å²) >= 11 is 0.832. The average molecular weight is 183 g/mol. The molecule has 0 aliphatic rings. The minimum atomic E-state index is -0.909. The maximum absolute atomic E-state index is 10.6. The van der Waals surface area contributed by atoms with E-state index in [4.69, 9.17) is 10.2 Å². The zero-order chi connectivity index (χ0) is 8.97. The Balaban J connectivity index is 2.88. The zero-order valence-electron chi connectivity index (χ0n) is 6.31. The first-order valence-corrected chi connectivity index (χ1v) is 4.33. The molecule has 0 aliphatic heterocycles. The van der Waals surface area contributed by atoms with E-state index in [0.717, 1.165) is 17.5 Å². The lowest BCUT2D eigenvalue weighted by molar-refractivity contribution is -0.136. The van der Waals surface area contributed by atoms with Crippen molar-refractivity contribution in [3.05, 3.63) is 35.9 Å². The minimum Gasteiger partial charge on any atom is -0.480 e. The highest BCUT2D eigenvalue weighted by molar-refractivity contribution is 7.98. The van der Waals surface area contributed by atoms with Crippen LogP contribution < -0.4 is 5.14 Å². The second kappa shape index (κ2) is 4.13. The van der Waals surface area contributed by atoms with Crippen molar-refractivity contribution in [3.8, 4) is 0 Å². The molecule has 0 bridgehead atoms. The van der Waals surface area contributed by atoms with Crippen molar-refractivity contribution < 1.29 is 9.90 Å². The highest BCUT2D eigenvalue weighted by Crippen LogP contribution is 2.23. The van der Waals surface area contributed by atoms with Crippen LogP contribution in [-0.2, 0) is 4.79 Å². The van der Waals surface area contributed by atoms with Crippen LogP contribution in [0.2, 0.25) is 0 Å². The van der Waals surface area contributed by atoms with Crippen molar-refractivity contribution in [1.29, 1.82) is 0 Å². The molecule has 1 aromatic rings. The molecule has 0 saturated carbocycles. The van der Waals surface area contributed by atoms with Crippen molar-refractivity contribution in [1.82, 2.24) is 0 Å². The van der Waals surface area contributed by atoms with Gasteiger partial charge in [0, 0.05) is 0 Å². The third-order valence-corrected chi connectivity index (χ3v) is 2.21. The van der Waals surface area contributed by atoms with Crippen LogP contribution >= 0.6 is 11.9 Å². The van der Waals surface area contributed by atoms with Gasteiger partial charge < -0.3 is 5.11 Å². The van der Waals surface area contributed by atoms with Crippen LogP contribution in [-0.4, -0.2) is 11.1 Å². The van der Waals surface area contributed by atoms with E-state index in [1.807, 2.05) is 6.07 Å². The van der Waals surface area contributed by atoms with Gasteiger partial charge in [0.2, 0.25) is 0 Å². The molecule has 3 nitrogen and oxygen atoms in total. The SMILES string of the molecule is NSC(C(=O)O)c1ccccc1. The molecule has 0 amide bonds. The number of hydrogen-bond donors (Lipinski definition) is 2. The summed E-state index contributed by atoms with van der Waals surface area (Å²) in [6, 6.07) is 8.92. The number of aliphatic carboxylic acids is 1. The van der Waals surface area contributed by atoms with Crippen molar-refractivity contribution in [3.63, 3.8) is 0 Å². The van der Waals surface area contributed by atoms with E-state index in [1.165, 1.54) is 0 Å². The Labute approximate surface area is 74.7 Å². The molecule has 0 aromatic heterocycles. The lowest BCUT2D eigenvalue weighted by Gasteiger charge is -2.07. The molecule has 1 unspecified atom stereocenters. The van der Waals surface area contributed by atoms with Gasteiger partial charge in [-0.2, -0.15) is 0 Å². The van der Waals surface area contributed by atoms with Gasteiger partial charge in [-0.05, 0) is 5.56 Å². The maximum atomic E-state index is 10.6. The van der Waals surface area contributed by atoms with E-state index >= 15 is 0 Å². The molecule has 64 valence electrons. The van der Waals surface area contributed by atoms with E-state index in [1.54, 1.807) is 24.3 Å². The molecule has 3 N–H and O–H groups in total. The van der Waals surface area contributed by atoms with Gasteiger partial charge in [-0.1, -0.05) is 42.3 Å². The van der Waals surface area contributed by atoms with Crippen LogP contribution in [0.1, 0.15) is 10.8 Å². The van der Waals surface area contributed by atoms with Crippen LogP contribution in [0, 0.1) is 0 Å². The van der Waals surface area contributed by atoms with Gasteiger partial charge in [0.15, 0.2) is 0 Å². The molecule has 0 fully saturated rings. The van der Waals surface area contributed by atoms with E-state index in [0.29, 0.717) is 0 Å². The maximum Gasteiger partial charge on any atom is 0.322 e. The van der Waals surface area contributed by atoms with Crippen LogP contribution in [0.25, 0.3) is 0 Å². The number of hydrogen-bond acceptors (Lipinski definition) is 3. The summed E-state index contributed by atoms with van der Waals surface area (Å²) in [5.41, 5.74) is 0.720. The number of carboxylic acid groups (broad SMARTS) is 1. The first-order chi connectivity index (χ1) is 5.75. The summed E-state index contributed by atoms with van der Waals surface area (Å²) in [6.07, 6.45) is 0. The molecule has 1 aromatic carbocycles. The molecule has 0 radical (unpaired) electrons. The summed E-state index contributed by atoms with van der Waals surface area (Å²) in [7, 11) is 0. The van der Waals surface area contributed by atoms with Crippen molar-refractivity contribution in [2.45, 2.75) is 5.25 Å². The molecule has 0 heterocycles. The second-order valence-electron chi connectivity index (χ2n) is 2.27. The fourth-order valence-corrected chi connectivity index (χ4v) is 1.34. The Hall–Kier alpha value is -1.00. The van der Waals surface area contributed by atoms with Crippen molar-refractivity contribution >= 4 is 17.9 Å². The van der Waals surface area contributed by atoms with Gasteiger partial charge in [0.25, 0.3) is 0 Å². The highest BCUT2D eigenvalue weighted by atomic mass is 32.2. The first kappa shape index (κ1) is 9.09. The molecule has 1 rings (SSSR count). The third kappa shape index (κ3) is 1.99. The second-order valence-corrected chi connectivity index (χ2v) is 3.01. The summed E-state index contributed by atoms with van der Waals surface area (Å²) < 4.78 is 0. The summed E-state index contributed by atoms with van der Waals surface area (Å²) in [6.45, 7) is 0. The van der Waals surface area contributed by atoms with E-state index in [-0.39, 0.29) is 0 Å². The van der Waals surface area contributed by atoms with Crippen LogP contribution in [0.3, 0.4) is 0 Å². The molecule has 4 heteroatoms. The summed E-state index contributed by atoms with van der Waals surface area (Å²) in [5, 5.41) is 13.3. The topological polar surface area (TPSA) is 63.3 Å². The standard InChI is InChI=1S/C8H9NO2S/c9-12-7(8(10)11)6-4-2-1-3-5-6/h1-5,7H,9H2,(H,10,11). The van der Waals surface area contributed by atoms with Crippen LogP contribution in [0.5, 0.6) is 0 Å². The predicted molar refractivity (Wildman–Crippen MR) is 48.6 cm³/mol. The fraction of sp³-hybridized carbons (Fsp3) is 0.125. The van der Waals surface area contributed by atoms with Gasteiger partial charge in [0.1, 0.15) is 5.25 Å². The molecule has 12 heavy (non-hydrogen) atoms. The summed E-state index contributed by atoms with van der Waals surface area (Å²) in [5.74, 6) is -0.909. The van der Waals surface area contributed by atoms with Crippen molar-refractivity contribution in [2.75, 3.05) is 0 Å². The van der Waals surface area contributed by atoms with Gasteiger partial charge in [-0.3, -0.25) is 9.93 Å². The van der Waals surface area contributed by atoms with Crippen molar-refractivity contribution in [2.24, 2.45) is 5.14 Å². The monoisotopic (exact) mass is 183 g/mol. The molecular weight excluding hydrogens is 174 g/mol. The first-order valence-electron chi connectivity index (χ1n) is 3.39. The minimum absolute atomic E-state index is 0.661. The zero-order valence-corrected chi connectivity index (χ0v) is 7.12. The van der Waals surface area contributed by atoms with Crippen LogP contribution in [0.4, 0.5) is 0 Å². The van der Waals surface area contributed by atoms with E-state index < -0.39 is 11.2 Å². The molecule has 0 aliphatic carbocycles. The molecule has 0 spiro atoms. The van der Waals surface area contributed by atoms with Gasteiger partial charge in [-0.25, -0.2) is 0 Å². The van der Waals surface area contributed by atoms with Gasteiger partial charge in [0.05, 0.1) is 0 Å². The Morgan fingerprint density at radius 3 is 2.42 bits per heavy atom. The Kier molecular flexibility index (Phi) is 3.13. The van der Waals surface area contributed by atoms with E-state index in [9.17, 15) is 4.79 Å².